The minimum atomic E-state index is -5.00. The molecule has 194 valence electrons. The number of amides is 1. The largest absolute Gasteiger partial charge is 0.573 e. The lowest BCUT2D eigenvalue weighted by molar-refractivity contribution is -0.274. The van der Waals surface area contributed by atoms with Crippen LogP contribution in [0.3, 0.4) is 0 Å². The number of carbonyl (C=O) groups is 1. The number of nitrogens with zero attached hydrogens (tertiary/aromatic N) is 4. The molecule has 0 saturated carbocycles. The fourth-order valence-corrected chi connectivity index (χ4v) is 3.82. The Hall–Kier alpha value is -4.32. The van der Waals surface area contributed by atoms with Gasteiger partial charge in [-0.15, -0.1) is 13.2 Å². The molecule has 1 amide bonds. The van der Waals surface area contributed by atoms with Gasteiger partial charge in [0.15, 0.2) is 5.75 Å². The number of aryl methyl sites for hydroxylation is 1. The molecule has 2 heterocycles. The number of benzene rings is 2. The SMILES string of the molecule is CN(C)CCNC(=O)c1cc(OC(F)(F)F)c(Nc2nccc(-c3cn(C)c4ccccc34)n2)cc1N. The second-order valence-electron chi connectivity index (χ2n) is 8.60. The van der Waals surface area contributed by atoms with Crippen molar-refractivity contribution in [3.05, 3.63) is 60.4 Å². The van der Waals surface area contributed by atoms with Crippen LogP contribution >= 0.6 is 0 Å². The van der Waals surface area contributed by atoms with Crippen molar-refractivity contribution in [1.82, 2.24) is 24.8 Å². The average Bonchev–Trinajstić information content (AvgIpc) is 3.16. The van der Waals surface area contributed by atoms with Gasteiger partial charge in [-0.1, -0.05) is 18.2 Å². The molecule has 0 aliphatic heterocycles. The van der Waals surface area contributed by atoms with Gasteiger partial charge in [0.1, 0.15) is 0 Å². The van der Waals surface area contributed by atoms with E-state index in [1.807, 2.05) is 61.1 Å². The quantitative estimate of drug-likeness (QED) is 0.304. The van der Waals surface area contributed by atoms with Crippen LogP contribution in [-0.4, -0.2) is 58.9 Å². The van der Waals surface area contributed by atoms with Crippen molar-refractivity contribution < 1.29 is 22.7 Å². The number of para-hydroxylation sites is 1. The molecule has 0 saturated heterocycles. The van der Waals surface area contributed by atoms with Gasteiger partial charge in [0.25, 0.3) is 5.91 Å². The number of carbonyl (C=O) groups excluding carboxylic acids is 1. The van der Waals surface area contributed by atoms with Crippen molar-refractivity contribution in [3.8, 4) is 17.0 Å². The van der Waals surface area contributed by atoms with Crippen molar-refractivity contribution >= 4 is 34.1 Å². The van der Waals surface area contributed by atoms with Crippen LogP contribution in [-0.2, 0) is 7.05 Å². The van der Waals surface area contributed by atoms with Gasteiger partial charge in [-0.2, -0.15) is 0 Å². The topological polar surface area (TPSA) is 110 Å². The first-order valence-electron chi connectivity index (χ1n) is 11.3. The zero-order valence-corrected chi connectivity index (χ0v) is 20.4. The molecule has 0 unspecified atom stereocenters. The minimum Gasteiger partial charge on any atom is -0.404 e. The van der Waals surface area contributed by atoms with E-state index in [1.54, 1.807) is 6.07 Å². The summed E-state index contributed by atoms with van der Waals surface area (Å²) < 4.78 is 45.8. The molecule has 0 aliphatic carbocycles. The van der Waals surface area contributed by atoms with Gasteiger partial charge in [0.05, 0.1) is 16.9 Å². The summed E-state index contributed by atoms with van der Waals surface area (Å²) in [5.41, 5.74) is 8.11. The van der Waals surface area contributed by atoms with Crippen molar-refractivity contribution in [2.45, 2.75) is 6.36 Å². The van der Waals surface area contributed by atoms with E-state index in [0.29, 0.717) is 12.2 Å². The summed E-state index contributed by atoms with van der Waals surface area (Å²) in [5, 5.41) is 6.34. The van der Waals surface area contributed by atoms with Gasteiger partial charge < -0.3 is 30.6 Å². The van der Waals surface area contributed by atoms with Crippen LogP contribution in [0.5, 0.6) is 5.75 Å². The number of hydrogen-bond donors (Lipinski definition) is 3. The van der Waals surface area contributed by atoms with E-state index >= 15 is 0 Å². The molecular formula is C25H26F3N7O2. The predicted octanol–water partition coefficient (Wildman–Crippen LogP) is 4.15. The normalized spacial score (nSPS) is 11.6. The number of likely N-dealkylation sites (N-methyl/N-ethyl adjacent to an activating group) is 1. The average molecular weight is 514 g/mol. The molecule has 2 aromatic heterocycles. The lowest BCUT2D eigenvalue weighted by Gasteiger charge is -2.17. The van der Waals surface area contributed by atoms with Crippen LogP contribution in [0, 0.1) is 0 Å². The standard InChI is InChI=1S/C25H26F3N7O2/c1-34(2)11-10-30-23(36)16-12-22(37-25(26,27)28)20(13-18(16)29)33-24-31-9-8-19(32-24)17-14-35(3)21-7-5-4-6-15(17)21/h4-9,12-14H,10-11,29H2,1-3H3,(H,30,36)(H,31,32,33). The molecular weight excluding hydrogens is 487 g/mol. The van der Waals surface area contributed by atoms with E-state index in [0.717, 1.165) is 22.5 Å². The number of nitrogens with two attached hydrogens (primary N) is 1. The molecule has 4 aromatic rings. The Labute approximate surface area is 211 Å². The zero-order chi connectivity index (χ0) is 26.7. The van der Waals surface area contributed by atoms with Gasteiger partial charge in [-0.25, -0.2) is 9.97 Å². The Morgan fingerprint density at radius 2 is 1.95 bits per heavy atom. The number of hydrogen-bond acceptors (Lipinski definition) is 7. The number of fused-ring (bicyclic) bond motifs is 1. The summed E-state index contributed by atoms with van der Waals surface area (Å²) in [7, 11) is 5.56. The monoisotopic (exact) mass is 513 g/mol. The first kappa shape index (κ1) is 25.8. The molecule has 4 rings (SSSR count). The third-order valence-electron chi connectivity index (χ3n) is 5.54. The maximum absolute atomic E-state index is 13.2. The highest BCUT2D eigenvalue weighted by Crippen LogP contribution is 2.36. The highest BCUT2D eigenvalue weighted by atomic mass is 19.4. The van der Waals surface area contributed by atoms with Crippen molar-refractivity contribution in [3.63, 3.8) is 0 Å². The highest BCUT2D eigenvalue weighted by Gasteiger charge is 2.33. The lowest BCUT2D eigenvalue weighted by Crippen LogP contribution is -2.31. The van der Waals surface area contributed by atoms with Crippen LogP contribution in [0.25, 0.3) is 22.2 Å². The van der Waals surface area contributed by atoms with Gasteiger partial charge in [0.2, 0.25) is 5.95 Å². The zero-order valence-electron chi connectivity index (χ0n) is 20.4. The maximum Gasteiger partial charge on any atom is 0.573 e. The first-order chi connectivity index (χ1) is 17.5. The van der Waals surface area contributed by atoms with Crippen molar-refractivity contribution in [2.75, 3.05) is 38.2 Å². The van der Waals surface area contributed by atoms with Gasteiger partial charge in [-0.05, 0) is 38.4 Å². The second-order valence-corrected chi connectivity index (χ2v) is 8.60. The molecule has 0 fully saturated rings. The van der Waals surface area contributed by atoms with E-state index in [2.05, 4.69) is 25.3 Å². The van der Waals surface area contributed by atoms with E-state index < -0.39 is 18.0 Å². The number of rotatable bonds is 8. The first-order valence-corrected chi connectivity index (χ1v) is 11.3. The van der Waals surface area contributed by atoms with Crippen LogP contribution < -0.4 is 21.1 Å². The van der Waals surface area contributed by atoms with Crippen molar-refractivity contribution in [1.29, 1.82) is 0 Å². The Bertz CT molecular complexity index is 1430. The number of nitrogens with one attached hydrogen (secondary N) is 2. The smallest absolute Gasteiger partial charge is 0.404 e. The minimum absolute atomic E-state index is 0.0278. The summed E-state index contributed by atoms with van der Waals surface area (Å²) in [6.07, 6.45) is -1.60. The third kappa shape index (κ3) is 6.09. The number of ether oxygens (including phenoxy) is 1. The Morgan fingerprint density at radius 1 is 1.19 bits per heavy atom. The summed E-state index contributed by atoms with van der Waals surface area (Å²) in [6, 6.07) is 11.6. The number of anilines is 3. The van der Waals surface area contributed by atoms with E-state index in [9.17, 15) is 18.0 Å². The maximum atomic E-state index is 13.2. The van der Waals surface area contributed by atoms with Gasteiger partial charge in [-0.3, -0.25) is 4.79 Å². The van der Waals surface area contributed by atoms with Crippen LogP contribution in [0.15, 0.2) is 54.9 Å². The number of alkyl halides is 3. The predicted molar refractivity (Wildman–Crippen MR) is 136 cm³/mol. The summed E-state index contributed by atoms with van der Waals surface area (Å²) in [5.74, 6) is -1.23. The van der Waals surface area contributed by atoms with Crippen LogP contribution in [0.2, 0.25) is 0 Å². The molecule has 0 atom stereocenters. The molecule has 12 heteroatoms. The fourth-order valence-electron chi connectivity index (χ4n) is 3.82. The highest BCUT2D eigenvalue weighted by molar-refractivity contribution is 6.01. The summed E-state index contributed by atoms with van der Waals surface area (Å²) in [4.78, 5) is 23.0. The van der Waals surface area contributed by atoms with E-state index in [4.69, 9.17) is 5.73 Å². The second kappa shape index (κ2) is 10.3. The van der Waals surface area contributed by atoms with Gasteiger partial charge in [0, 0.05) is 54.7 Å². The molecule has 2 aromatic carbocycles. The molecule has 9 nitrogen and oxygen atoms in total. The molecule has 0 bridgehead atoms. The Morgan fingerprint density at radius 3 is 2.68 bits per heavy atom. The molecule has 0 radical (unpaired) electrons. The molecule has 37 heavy (non-hydrogen) atoms. The fraction of sp³-hybridized carbons (Fsp3) is 0.240. The van der Waals surface area contributed by atoms with Crippen LogP contribution in [0.1, 0.15) is 10.4 Å². The van der Waals surface area contributed by atoms with Crippen molar-refractivity contribution in [2.24, 2.45) is 7.05 Å². The Balaban J connectivity index is 1.67. The number of halogens is 3. The molecule has 0 spiro atoms. The lowest BCUT2D eigenvalue weighted by atomic mass is 10.1. The third-order valence-corrected chi connectivity index (χ3v) is 5.54. The summed E-state index contributed by atoms with van der Waals surface area (Å²) in [6.45, 7) is 0.830. The molecule has 0 aliphatic rings. The summed E-state index contributed by atoms with van der Waals surface area (Å²) >= 11 is 0. The number of aromatic nitrogens is 3. The Kier molecular flexibility index (Phi) is 7.21. The number of nitrogen functional groups attached to an aromatic ring is 1. The van der Waals surface area contributed by atoms with Gasteiger partial charge >= 0.3 is 6.36 Å². The molecule has 4 N–H and O–H groups in total. The van der Waals surface area contributed by atoms with Crippen LogP contribution in [0.4, 0.5) is 30.5 Å². The van der Waals surface area contributed by atoms with E-state index in [-0.39, 0.29) is 29.4 Å². The van der Waals surface area contributed by atoms with E-state index in [1.165, 1.54) is 12.3 Å².